The van der Waals surface area contributed by atoms with Crippen molar-refractivity contribution in [2.24, 2.45) is 7.05 Å². The second-order valence-electron chi connectivity index (χ2n) is 6.42. The summed E-state index contributed by atoms with van der Waals surface area (Å²) >= 11 is 4.57. The number of hydrogen-bond acceptors (Lipinski definition) is 5. The molecule has 0 bridgehead atoms. The molecule has 156 valence electrons. The Morgan fingerprint density at radius 2 is 1.97 bits per heavy atom. The molecule has 0 aliphatic rings. The summed E-state index contributed by atoms with van der Waals surface area (Å²) in [6.45, 7) is 1.81. The van der Waals surface area contributed by atoms with E-state index in [2.05, 4.69) is 36.8 Å². The Hall–Kier alpha value is -2.72. The van der Waals surface area contributed by atoms with E-state index in [0.717, 1.165) is 0 Å². The highest BCUT2D eigenvalue weighted by atomic mass is 79.9. The van der Waals surface area contributed by atoms with Crippen LogP contribution in [0.1, 0.15) is 29.1 Å². The molecule has 0 aliphatic carbocycles. The van der Waals surface area contributed by atoms with Crippen LogP contribution >= 0.6 is 27.7 Å². The molecular weight excluding hydrogens is 473 g/mol. The van der Waals surface area contributed by atoms with Gasteiger partial charge in [-0.25, -0.2) is 4.39 Å². The summed E-state index contributed by atoms with van der Waals surface area (Å²) in [4.78, 5) is 24.6. The smallest absolute Gasteiger partial charge is 0.253 e. The predicted octanol–water partition coefficient (Wildman–Crippen LogP) is 3.94. The fourth-order valence-corrected chi connectivity index (χ4v) is 3.89. The summed E-state index contributed by atoms with van der Waals surface area (Å²) in [5, 5.41) is 14.3. The number of carbonyl (C=O) groups excluding carboxylic acids is 2. The first-order chi connectivity index (χ1) is 14.3. The van der Waals surface area contributed by atoms with Gasteiger partial charge in [-0.1, -0.05) is 30.0 Å². The SMILES string of the molecule is C[C@H](NC(=O)c1ccccc1Br)c1nnc(SCC(=O)Nc2cccc(F)c2)n1C. The van der Waals surface area contributed by atoms with E-state index in [-0.39, 0.29) is 17.6 Å². The molecule has 30 heavy (non-hydrogen) atoms. The molecule has 10 heteroatoms. The fourth-order valence-electron chi connectivity index (χ4n) is 2.71. The number of benzene rings is 2. The molecule has 7 nitrogen and oxygen atoms in total. The third kappa shape index (κ3) is 5.45. The number of halogens is 2. The standard InChI is InChI=1S/C20H19BrFN5O2S/c1-12(23-19(29)15-8-3-4-9-16(15)21)18-25-26-20(27(18)2)30-11-17(28)24-14-7-5-6-13(22)10-14/h3-10,12H,11H2,1-2H3,(H,23,29)(H,24,28)/t12-/m0/s1. The third-order valence-electron chi connectivity index (χ3n) is 4.16. The molecule has 0 fully saturated rings. The number of nitrogens with zero attached hydrogens (tertiary/aromatic N) is 3. The minimum absolute atomic E-state index is 0.0835. The average molecular weight is 492 g/mol. The van der Waals surface area contributed by atoms with Crippen LogP contribution in [0.3, 0.4) is 0 Å². The summed E-state index contributed by atoms with van der Waals surface area (Å²) in [5.74, 6) is -0.298. The summed E-state index contributed by atoms with van der Waals surface area (Å²) < 4.78 is 15.6. The average Bonchev–Trinajstić information content (AvgIpc) is 3.07. The van der Waals surface area contributed by atoms with Gasteiger partial charge in [-0.2, -0.15) is 0 Å². The zero-order chi connectivity index (χ0) is 21.7. The van der Waals surface area contributed by atoms with Crippen LogP contribution in [0.5, 0.6) is 0 Å². The summed E-state index contributed by atoms with van der Waals surface area (Å²) in [5.41, 5.74) is 0.915. The number of thioether (sulfide) groups is 1. The second-order valence-corrected chi connectivity index (χ2v) is 8.22. The Morgan fingerprint density at radius 1 is 1.20 bits per heavy atom. The first-order valence-electron chi connectivity index (χ1n) is 8.98. The van der Waals surface area contributed by atoms with Gasteiger partial charge in [0.1, 0.15) is 5.82 Å². The number of rotatable bonds is 7. The van der Waals surface area contributed by atoms with Gasteiger partial charge in [0.15, 0.2) is 11.0 Å². The predicted molar refractivity (Wildman–Crippen MR) is 117 cm³/mol. The first kappa shape index (κ1) is 22.0. The van der Waals surface area contributed by atoms with Gasteiger partial charge in [0, 0.05) is 17.2 Å². The molecule has 3 rings (SSSR count). The quantitative estimate of drug-likeness (QED) is 0.488. The van der Waals surface area contributed by atoms with Crippen LogP contribution in [-0.4, -0.2) is 32.3 Å². The maximum Gasteiger partial charge on any atom is 0.253 e. The second kappa shape index (κ2) is 9.86. The van der Waals surface area contributed by atoms with Crippen molar-refractivity contribution in [3.63, 3.8) is 0 Å². The van der Waals surface area contributed by atoms with Crippen LogP contribution in [0.15, 0.2) is 58.2 Å². The molecule has 0 saturated carbocycles. The fraction of sp³-hybridized carbons (Fsp3) is 0.200. The molecule has 0 spiro atoms. The van der Waals surface area contributed by atoms with Crippen LogP contribution < -0.4 is 10.6 Å². The molecule has 0 radical (unpaired) electrons. The number of nitrogens with one attached hydrogen (secondary N) is 2. The van der Waals surface area contributed by atoms with Crippen molar-refractivity contribution in [2.75, 3.05) is 11.1 Å². The Kier molecular flexibility index (Phi) is 7.22. The van der Waals surface area contributed by atoms with E-state index in [1.165, 1.54) is 30.0 Å². The Balaban J connectivity index is 1.59. The van der Waals surface area contributed by atoms with Crippen LogP contribution in [-0.2, 0) is 11.8 Å². The highest BCUT2D eigenvalue weighted by molar-refractivity contribution is 9.10. The number of amides is 2. The van der Waals surface area contributed by atoms with Crippen molar-refractivity contribution in [1.29, 1.82) is 0 Å². The van der Waals surface area contributed by atoms with E-state index in [1.807, 2.05) is 13.0 Å². The Bertz CT molecular complexity index is 1070. The highest BCUT2D eigenvalue weighted by Crippen LogP contribution is 2.21. The lowest BCUT2D eigenvalue weighted by Gasteiger charge is -2.14. The van der Waals surface area contributed by atoms with Crippen LogP contribution in [0.25, 0.3) is 0 Å². The molecule has 0 saturated heterocycles. The van der Waals surface area contributed by atoms with Gasteiger partial charge in [0.25, 0.3) is 5.91 Å². The van der Waals surface area contributed by atoms with Crippen molar-refractivity contribution in [1.82, 2.24) is 20.1 Å². The lowest BCUT2D eigenvalue weighted by molar-refractivity contribution is -0.113. The third-order valence-corrected chi connectivity index (χ3v) is 5.87. The summed E-state index contributed by atoms with van der Waals surface area (Å²) in [6.07, 6.45) is 0. The number of aromatic nitrogens is 3. The first-order valence-corrected chi connectivity index (χ1v) is 10.8. The molecule has 2 N–H and O–H groups in total. The largest absolute Gasteiger partial charge is 0.342 e. The number of carbonyl (C=O) groups is 2. The van der Waals surface area contributed by atoms with Gasteiger partial charge in [0.2, 0.25) is 5.91 Å². The van der Waals surface area contributed by atoms with Crippen molar-refractivity contribution in [3.05, 3.63) is 70.2 Å². The minimum Gasteiger partial charge on any atom is -0.342 e. The van der Waals surface area contributed by atoms with E-state index >= 15 is 0 Å². The monoisotopic (exact) mass is 491 g/mol. The lowest BCUT2D eigenvalue weighted by atomic mass is 10.2. The van der Waals surface area contributed by atoms with Crippen LogP contribution in [0, 0.1) is 5.82 Å². The molecule has 1 atom stereocenters. The van der Waals surface area contributed by atoms with Crippen molar-refractivity contribution >= 4 is 45.2 Å². The van der Waals surface area contributed by atoms with Crippen LogP contribution in [0.2, 0.25) is 0 Å². The highest BCUT2D eigenvalue weighted by Gasteiger charge is 2.20. The molecule has 0 unspecified atom stereocenters. The molecule has 3 aromatic rings. The maximum atomic E-state index is 13.2. The molecule has 0 aliphatic heterocycles. The van der Waals surface area contributed by atoms with E-state index < -0.39 is 11.9 Å². The normalized spacial score (nSPS) is 11.7. The molecular formula is C20H19BrFN5O2S. The number of anilines is 1. The van der Waals surface area contributed by atoms with Gasteiger partial charge < -0.3 is 15.2 Å². The van der Waals surface area contributed by atoms with Gasteiger partial charge >= 0.3 is 0 Å². The van der Waals surface area contributed by atoms with Crippen molar-refractivity contribution in [3.8, 4) is 0 Å². The van der Waals surface area contributed by atoms with Gasteiger partial charge in [-0.15, -0.1) is 10.2 Å². The Labute approximate surface area is 185 Å². The van der Waals surface area contributed by atoms with Crippen molar-refractivity contribution in [2.45, 2.75) is 18.1 Å². The Morgan fingerprint density at radius 3 is 2.70 bits per heavy atom. The van der Waals surface area contributed by atoms with E-state index in [9.17, 15) is 14.0 Å². The van der Waals surface area contributed by atoms with Crippen LogP contribution in [0.4, 0.5) is 10.1 Å². The van der Waals surface area contributed by atoms with Gasteiger partial charge in [-0.05, 0) is 53.2 Å². The maximum absolute atomic E-state index is 13.2. The van der Waals surface area contributed by atoms with Gasteiger partial charge in [0.05, 0.1) is 17.4 Å². The zero-order valence-corrected chi connectivity index (χ0v) is 18.6. The van der Waals surface area contributed by atoms with E-state index in [4.69, 9.17) is 0 Å². The van der Waals surface area contributed by atoms with Crippen molar-refractivity contribution < 1.29 is 14.0 Å². The lowest BCUT2D eigenvalue weighted by Crippen LogP contribution is -2.28. The number of hydrogen-bond donors (Lipinski definition) is 2. The molecule has 1 aromatic heterocycles. The molecule has 1 heterocycles. The summed E-state index contributed by atoms with van der Waals surface area (Å²) in [6, 6.07) is 12.4. The minimum atomic E-state index is -0.419. The van der Waals surface area contributed by atoms with E-state index in [1.54, 1.807) is 35.9 Å². The summed E-state index contributed by atoms with van der Waals surface area (Å²) in [7, 11) is 1.77. The topological polar surface area (TPSA) is 88.9 Å². The zero-order valence-electron chi connectivity index (χ0n) is 16.2. The van der Waals surface area contributed by atoms with E-state index in [0.29, 0.717) is 26.7 Å². The molecule has 2 aromatic carbocycles. The molecule has 2 amide bonds. The van der Waals surface area contributed by atoms with Gasteiger partial charge in [-0.3, -0.25) is 9.59 Å².